The molecule has 11 nitrogen and oxygen atoms in total. The number of morpholine rings is 1. The molecule has 1 N–H and O–H groups in total. The molecule has 0 amide bonds. The van der Waals surface area contributed by atoms with Crippen LogP contribution in [0.5, 0.6) is 0 Å². The highest BCUT2D eigenvalue weighted by atomic mass is 19.4. The summed E-state index contributed by atoms with van der Waals surface area (Å²) in [6.45, 7) is 4.42. The van der Waals surface area contributed by atoms with Gasteiger partial charge in [0.25, 0.3) is 11.1 Å². The lowest BCUT2D eigenvalue weighted by molar-refractivity contribution is -0.140. The molecule has 1 saturated heterocycles. The molecule has 0 spiro atoms. The molecule has 206 valence electrons. The third-order valence-corrected chi connectivity index (χ3v) is 6.40. The second-order valence-corrected chi connectivity index (χ2v) is 9.00. The Balaban J connectivity index is 1.73. The summed E-state index contributed by atoms with van der Waals surface area (Å²) in [6, 6.07) is 1.98. The standard InChI is InChI=1S/C24H23F4N7O4/c1-12(14-5-4-6-16(19(14)25)24(26,27)28)29-20-15-11-35(34-7-9-38-10-8-34)23(37)18(21-30-13(2)39-32-21)17(15)22(36)33(3)31-20/h4-6,11-12H,7-10H2,1-3H3,(H,29,31)/t12-/m1/s1. The number of halogens is 4. The van der Waals surface area contributed by atoms with Crippen molar-refractivity contribution in [1.82, 2.24) is 24.6 Å². The minimum Gasteiger partial charge on any atom is -0.378 e. The number of benzene rings is 1. The van der Waals surface area contributed by atoms with Gasteiger partial charge in [0.15, 0.2) is 5.82 Å². The molecule has 0 radical (unpaired) electrons. The maximum absolute atomic E-state index is 14.9. The topological polar surface area (TPSA) is 120 Å². The molecule has 0 unspecified atom stereocenters. The number of hydrogen-bond donors (Lipinski definition) is 1. The molecule has 0 aliphatic carbocycles. The average molecular weight is 549 g/mol. The first-order valence-electron chi connectivity index (χ1n) is 11.9. The number of alkyl halides is 3. The highest BCUT2D eigenvalue weighted by molar-refractivity contribution is 5.99. The quantitative estimate of drug-likeness (QED) is 0.375. The first-order chi connectivity index (χ1) is 18.5. The van der Waals surface area contributed by atoms with Gasteiger partial charge in [0.2, 0.25) is 11.7 Å². The molecule has 4 heterocycles. The zero-order chi connectivity index (χ0) is 28.1. The van der Waals surface area contributed by atoms with Gasteiger partial charge < -0.3 is 19.6 Å². The van der Waals surface area contributed by atoms with Gasteiger partial charge in [-0.15, -0.1) is 0 Å². The van der Waals surface area contributed by atoms with Crippen molar-refractivity contribution < 1.29 is 26.8 Å². The summed E-state index contributed by atoms with van der Waals surface area (Å²) < 4.78 is 67.6. The Kier molecular flexibility index (Phi) is 6.62. The Morgan fingerprint density at radius 1 is 1.13 bits per heavy atom. The lowest BCUT2D eigenvalue weighted by Crippen LogP contribution is -2.49. The number of nitrogens with one attached hydrogen (secondary N) is 1. The third-order valence-electron chi connectivity index (χ3n) is 6.40. The van der Waals surface area contributed by atoms with Crippen LogP contribution in [0.4, 0.5) is 23.4 Å². The van der Waals surface area contributed by atoms with Crippen molar-refractivity contribution in [3.8, 4) is 11.4 Å². The Bertz CT molecular complexity index is 1670. The fourth-order valence-electron chi connectivity index (χ4n) is 4.49. The van der Waals surface area contributed by atoms with E-state index >= 15 is 0 Å². The van der Waals surface area contributed by atoms with E-state index in [0.29, 0.717) is 32.4 Å². The van der Waals surface area contributed by atoms with Crippen LogP contribution in [-0.4, -0.2) is 50.9 Å². The van der Waals surface area contributed by atoms with Crippen molar-refractivity contribution in [1.29, 1.82) is 0 Å². The van der Waals surface area contributed by atoms with E-state index in [4.69, 9.17) is 9.26 Å². The third kappa shape index (κ3) is 4.73. The van der Waals surface area contributed by atoms with Crippen molar-refractivity contribution in [2.45, 2.75) is 26.1 Å². The maximum atomic E-state index is 14.9. The van der Waals surface area contributed by atoms with Gasteiger partial charge in [0.05, 0.1) is 48.7 Å². The van der Waals surface area contributed by atoms with Crippen LogP contribution in [0.1, 0.15) is 30.0 Å². The number of pyridine rings is 1. The molecule has 4 aromatic rings. The van der Waals surface area contributed by atoms with Crippen molar-refractivity contribution in [2.24, 2.45) is 7.05 Å². The monoisotopic (exact) mass is 549 g/mol. The van der Waals surface area contributed by atoms with Gasteiger partial charge >= 0.3 is 6.18 Å². The van der Waals surface area contributed by atoms with E-state index in [1.165, 1.54) is 37.8 Å². The predicted octanol–water partition coefficient (Wildman–Crippen LogP) is 2.75. The van der Waals surface area contributed by atoms with Gasteiger partial charge in [-0.2, -0.15) is 23.3 Å². The number of hydrogen-bond acceptors (Lipinski definition) is 9. The number of aromatic nitrogens is 5. The molecule has 5 rings (SSSR count). The molecule has 0 saturated carbocycles. The van der Waals surface area contributed by atoms with E-state index in [-0.39, 0.29) is 39.4 Å². The van der Waals surface area contributed by atoms with Crippen molar-refractivity contribution >= 4 is 16.6 Å². The highest BCUT2D eigenvalue weighted by Gasteiger charge is 2.35. The molecule has 1 aliphatic rings. The number of rotatable bonds is 5. The van der Waals surface area contributed by atoms with E-state index in [9.17, 15) is 27.2 Å². The van der Waals surface area contributed by atoms with Crippen LogP contribution in [-0.2, 0) is 18.0 Å². The number of anilines is 1. The van der Waals surface area contributed by atoms with Crippen LogP contribution in [0.3, 0.4) is 0 Å². The molecule has 0 bridgehead atoms. The Morgan fingerprint density at radius 3 is 2.49 bits per heavy atom. The normalized spacial score (nSPS) is 15.1. The van der Waals surface area contributed by atoms with Crippen LogP contribution in [0, 0.1) is 12.7 Å². The highest BCUT2D eigenvalue weighted by Crippen LogP contribution is 2.35. The molecule has 1 aliphatic heterocycles. The first-order valence-corrected chi connectivity index (χ1v) is 11.9. The second kappa shape index (κ2) is 9.80. The molecule has 15 heteroatoms. The Labute approximate surface area is 217 Å². The molecule has 1 fully saturated rings. The smallest absolute Gasteiger partial charge is 0.378 e. The molecule has 3 aromatic heterocycles. The molecular formula is C24H23F4N7O4. The summed E-state index contributed by atoms with van der Waals surface area (Å²) >= 11 is 0. The van der Waals surface area contributed by atoms with Crippen LogP contribution in [0.2, 0.25) is 0 Å². The number of ether oxygens (including phenoxy) is 1. The van der Waals surface area contributed by atoms with E-state index < -0.39 is 34.7 Å². The summed E-state index contributed by atoms with van der Waals surface area (Å²) in [4.78, 5) is 31.2. The fraction of sp³-hybridized carbons (Fsp3) is 0.375. The first kappa shape index (κ1) is 26.3. The zero-order valence-corrected chi connectivity index (χ0v) is 21.0. The summed E-state index contributed by atoms with van der Waals surface area (Å²) in [5.41, 5.74) is -3.03. The minimum atomic E-state index is -4.88. The number of nitrogens with zero attached hydrogens (tertiary/aromatic N) is 6. The molecule has 1 aromatic carbocycles. The van der Waals surface area contributed by atoms with Gasteiger partial charge in [0, 0.05) is 25.7 Å². The fourth-order valence-corrected chi connectivity index (χ4v) is 4.49. The lowest BCUT2D eigenvalue weighted by atomic mass is 10.0. The second-order valence-electron chi connectivity index (χ2n) is 9.00. The van der Waals surface area contributed by atoms with E-state index in [2.05, 4.69) is 20.6 Å². The Hall–Kier alpha value is -4.27. The Morgan fingerprint density at radius 2 is 1.85 bits per heavy atom. The number of fused-ring (bicyclic) bond motifs is 1. The van der Waals surface area contributed by atoms with Gasteiger partial charge in [-0.3, -0.25) is 9.59 Å². The lowest BCUT2D eigenvalue weighted by Gasteiger charge is -2.30. The summed E-state index contributed by atoms with van der Waals surface area (Å²) in [5, 5.41) is 12.8. The van der Waals surface area contributed by atoms with Crippen LogP contribution < -0.4 is 21.4 Å². The van der Waals surface area contributed by atoms with Crippen molar-refractivity contribution in [3.05, 3.63) is 67.9 Å². The molecular weight excluding hydrogens is 526 g/mol. The zero-order valence-electron chi connectivity index (χ0n) is 21.0. The SMILES string of the molecule is Cc1nc(-c2c(=O)n(N3CCOCC3)cc3c(N[C@H](C)c4cccc(C(F)(F)F)c4F)nn(C)c(=O)c23)no1. The van der Waals surface area contributed by atoms with E-state index in [1.807, 2.05) is 0 Å². The van der Waals surface area contributed by atoms with Gasteiger partial charge in [0.1, 0.15) is 11.4 Å². The van der Waals surface area contributed by atoms with Gasteiger partial charge in [-0.1, -0.05) is 17.3 Å². The number of aryl methyl sites for hydroxylation is 2. The van der Waals surface area contributed by atoms with Crippen molar-refractivity contribution in [3.63, 3.8) is 0 Å². The predicted molar refractivity (Wildman–Crippen MR) is 131 cm³/mol. The molecule has 1 atom stereocenters. The summed E-state index contributed by atoms with van der Waals surface area (Å²) in [7, 11) is 1.35. The van der Waals surface area contributed by atoms with Crippen molar-refractivity contribution in [2.75, 3.05) is 36.6 Å². The van der Waals surface area contributed by atoms with Crippen LogP contribution in [0.25, 0.3) is 22.2 Å². The van der Waals surface area contributed by atoms with Gasteiger partial charge in [-0.05, 0) is 13.0 Å². The largest absolute Gasteiger partial charge is 0.419 e. The van der Waals surface area contributed by atoms with Gasteiger partial charge in [-0.25, -0.2) is 13.7 Å². The molecule has 39 heavy (non-hydrogen) atoms. The van der Waals surface area contributed by atoms with Crippen LogP contribution >= 0.6 is 0 Å². The summed E-state index contributed by atoms with van der Waals surface area (Å²) in [5.74, 6) is -1.35. The van der Waals surface area contributed by atoms with E-state index in [1.54, 1.807) is 5.01 Å². The van der Waals surface area contributed by atoms with E-state index in [0.717, 1.165) is 10.7 Å². The van der Waals surface area contributed by atoms with Crippen LogP contribution in [0.15, 0.2) is 38.5 Å². The average Bonchev–Trinajstić information content (AvgIpc) is 3.32. The minimum absolute atomic E-state index is 0.0277. The maximum Gasteiger partial charge on any atom is 0.419 e. The summed E-state index contributed by atoms with van der Waals surface area (Å²) in [6.07, 6.45) is -3.47.